The van der Waals surface area contributed by atoms with Crippen molar-refractivity contribution >= 4 is 5.91 Å². The van der Waals surface area contributed by atoms with E-state index in [1.54, 1.807) is 12.4 Å². The zero-order valence-corrected chi connectivity index (χ0v) is 13.4. The summed E-state index contributed by atoms with van der Waals surface area (Å²) in [5.41, 5.74) is 1.16. The number of carbonyl (C=O) groups excluding carboxylic acids is 1. The van der Waals surface area contributed by atoms with E-state index in [9.17, 15) is 9.90 Å². The Kier molecular flexibility index (Phi) is 5.59. The number of hydroxylamine groups is 2. The van der Waals surface area contributed by atoms with E-state index in [2.05, 4.69) is 10.3 Å². The minimum absolute atomic E-state index is 0.0564. The van der Waals surface area contributed by atoms with Gasteiger partial charge in [0, 0.05) is 37.9 Å². The summed E-state index contributed by atoms with van der Waals surface area (Å²) < 4.78 is 0. The predicted molar refractivity (Wildman–Crippen MR) is 85.4 cm³/mol. The molecule has 6 heteroatoms. The van der Waals surface area contributed by atoms with Crippen LogP contribution in [0.15, 0.2) is 24.5 Å². The summed E-state index contributed by atoms with van der Waals surface area (Å²) in [6, 6.07) is 4.03. The SMILES string of the molecule is O=C(CCN1CCCO1)N[C@@H](Cc1ccncc1)C1CC(O)C1. The summed E-state index contributed by atoms with van der Waals surface area (Å²) in [4.78, 5) is 21.7. The third kappa shape index (κ3) is 4.73. The molecule has 1 aliphatic heterocycles. The molecule has 6 nitrogen and oxygen atoms in total. The number of aliphatic hydroxyl groups excluding tert-OH is 1. The number of hydrogen-bond acceptors (Lipinski definition) is 5. The number of aliphatic hydroxyl groups is 1. The number of pyridine rings is 1. The molecule has 0 aromatic carbocycles. The van der Waals surface area contributed by atoms with Gasteiger partial charge in [-0.2, -0.15) is 5.06 Å². The number of hydrogen-bond donors (Lipinski definition) is 2. The maximum absolute atomic E-state index is 12.3. The molecule has 1 amide bonds. The number of nitrogens with zero attached hydrogens (tertiary/aromatic N) is 2. The second-order valence-electron chi connectivity index (χ2n) is 6.48. The summed E-state index contributed by atoms with van der Waals surface area (Å²) in [7, 11) is 0. The quantitative estimate of drug-likeness (QED) is 0.781. The zero-order chi connectivity index (χ0) is 16.1. The van der Waals surface area contributed by atoms with Crippen molar-refractivity contribution < 1.29 is 14.7 Å². The average Bonchev–Trinajstić information content (AvgIpc) is 3.04. The van der Waals surface area contributed by atoms with Gasteiger partial charge in [-0.15, -0.1) is 0 Å². The number of nitrogens with one attached hydrogen (secondary N) is 1. The molecule has 1 saturated carbocycles. The fraction of sp³-hybridized carbons (Fsp3) is 0.647. The van der Waals surface area contributed by atoms with Crippen molar-refractivity contribution in [1.29, 1.82) is 0 Å². The van der Waals surface area contributed by atoms with E-state index < -0.39 is 0 Å². The highest BCUT2D eigenvalue weighted by molar-refractivity contribution is 5.76. The highest BCUT2D eigenvalue weighted by Gasteiger charge is 2.34. The first-order chi connectivity index (χ1) is 11.2. The monoisotopic (exact) mass is 319 g/mol. The van der Waals surface area contributed by atoms with Crippen LogP contribution >= 0.6 is 0 Å². The Labute approximate surface area is 136 Å². The molecule has 0 spiro atoms. The van der Waals surface area contributed by atoms with Crippen LogP contribution in [0.3, 0.4) is 0 Å². The number of rotatable bonds is 7. The molecule has 1 aromatic heterocycles. The van der Waals surface area contributed by atoms with Gasteiger partial charge in [-0.3, -0.25) is 14.6 Å². The van der Waals surface area contributed by atoms with Gasteiger partial charge in [0.15, 0.2) is 0 Å². The van der Waals surface area contributed by atoms with Crippen molar-refractivity contribution in [3.05, 3.63) is 30.1 Å². The van der Waals surface area contributed by atoms with Gasteiger partial charge in [0.1, 0.15) is 0 Å². The Morgan fingerprint density at radius 1 is 1.43 bits per heavy atom. The predicted octanol–water partition coefficient (Wildman–Crippen LogP) is 0.907. The molecule has 0 bridgehead atoms. The smallest absolute Gasteiger partial charge is 0.221 e. The maximum atomic E-state index is 12.3. The minimum Gasteiger partial charge on any atom is -0.393 e. The molecule has 126 valence electrons. The Balaban J connectivity index is 1.51. The minimum atomic E-state index is -0.213. The molecule has 0 radical (unpaired) electrons. The molecule has 2 heterocycles. The summed E-state index contributed by atoms with van der Waals surface area (Å²) in [5.74, 6) is 0.408. The van der Waals surface area contributed by atoms with Gasteiger partial charge in [-0.1, -0.05) is 0 Å². The van der Waals surface area contributed by atoms with Crippen LogP contribution in [-0.2, 0) is 16.1 Å². The van der Waals surface area contributed by atoms with E-state index in [0.717, 1.165) is 44.4 Å². The summed E-state index contributed by atoms with van der Waals surface area (Å²) in [6.07, 6.45) is 7.13. The molecule has 1 aliphatic carbocycles. The number of aromatic nitrogens is 1. The molecule has 3 rings (SSSR count). The molecular formula is C17H25N3O3. The van der Waals surface area contributed by atoms with Gasteiger partial charge < -0.3 is 10.4 Å². The Bertz CT molecular complexity index is 499. The van der Waals surface area contributed by atoms with Crippen molar-refractivity contribution in [2.75, 3.05) is 19.7 Å². The highest BCUT2D eigenvalue weighted by atomic mass is 16.7. The van der Waals surface area contributed by atoms with E-state index >= 15 is 0 Å². The van der Waals surface area contributed by atoms with E-state index in [0.29, 0.717) is 18.9 Å². The van der Waals surface area contributed by atoms with Crippen LogP contribution in [-0.4, -0.2) is 52.9 Å². The molecule has 1 atom stereocenters. The van der Waals surface area contributed by atoms with Crippen molar-refractivity contribution in [3.63, 3.8) is 0 Å². The van der Waals surface area contributed by atoms with Crippen molar-refractivity contribution in [2.45, 2.75) is 44.2 Å². The van der Waals surface area contributed by atoms with E-state index in [4.69, 9.17) is 4.84 Å². The Hall–Kier alpha value is -1.50. The van der Waals surface area contributed by atoms with Gasteiger partial charge in [0.2, 0.25) is 5.91 Å². The Morgan fingerprint density at radius 2 is 2.22 bits per heavy atom. The molecule has 2 N–H and O–H groups in total. The van der Waals surface area contributed by atoms with Crippen LogP contribution < -0.4 is 5.32 Å². The van der Waals surface area contributed by atoms with Crippen LogP contribution in [0.1, 0.15) is 31.2 Å². The lowest BCUT2D eigenvalue weighted by Gasteiger charge is -2.38. The van der Waals surface area contributed by atoms with Crippen molar-refractivity contribution in [3.8, 4) is 0 Å². The van der Waals surface area contributed by atoms with Crippen LogP contribution in [0.25, 0.3) is 0 Å². The first-order valence-electron chi connectivity index (χ1n) is 8.45. The normalized spacial score (nSPS) is 25.8. The maximum Gasteiger partial charge on any atom is 0.221 e. The molecular weight excluding hydrogens is 294 g/mol. The second-order valence-corrected chi connectivity index (χ2v) is 6.48. The topological polar surface area (TPSA) is 74.7 Å². The molecule has 23 heavy (non-hydrogen) atoms. The van der Waals surface area contributed by atoms with Gasteiger partial charge in [-0.05, 0) is 49.3 Å². The molecule has 0 unspecified atom stereocenters. The Morgan fingerprint density at radius 3 is 2.87 bits per heavy atom. The largest absolute Gasteiger partial charge is 0.393 e. The fourth-order valence-electron chi connectivity index (χ4n) is 3.25. The van der Waals surface area contributed by atoms with E-state index in [1.165, 1.54) is 0 Å². The fourth-order valence-corrected chi connectivity index (χ4v) is 3.25. The van der Waals surface area contributed by atoms with E-state index in [1.807, 2.05) is 17.2 Å². The van der Waals surface area contributed by atoms with Crippen LogP contribution in [0.5, 0.6) is 0 Å². The van der Waals surface area contributed by atoms with E-state index in [-0.39, 0.29) is 18.1 Å². The lowest BCUT2D eigenvalue weighted by molar-refractivity contribution is -0.131. The summed E-state index contributed by atoms with van der Waals surface area (Å²) >= 11 is 0. The van der Waals surface area contributed by atoms with Gasteiger partial charge in [0.25, 0.3) is 0 Å². The molecule has 1 aromatic rings. The third-order valence-electron chi connectivity index (χ3n) is 4.68. The summed E-state index contributed by atoms with van der Waals surface area (Å²) in [6.45, 7) is 2.30. The first-order valence-corrected chi connectivity index (χ1v) is 8.45. The van der Waals surface area contributed by atoms with Crippen molar-refractivity contribution in [1.82, 2.24) is 15.4 Å². The lowest BCUT2D eigenvalue weighted by atomic mass is 9.75. The van der Waals surface area contributed by atoms with Gasteiger partial charge >= 0.3 is 0 Å². The third-order valence-corrected chi connectivity index (χ3v) is 4.68. The lowest BCUT2D eigenvalue weighted by Crippen LogP contribution is -2.48. The van der Waals surface area contributed by atoms with Gasteiger partial charge in [-0.25, -0.2) is 0 Å². The second kappa shape index (κ2) is 7.86. The molecule has 2 aliphatic rings. The van der Waals surface area contributed by atoms with Crippen molar-refractivity contribution in [2.24, 2.45) is 5.92 Å². The number of amides is 1. The first kappa shape index (κ1) is 16.4. The summed E-state index contributed by atoms with van der Waals surface area (Å²) in [5, 5.41) is 14.6. The zero-order valence-electron chi connectivity index (χ0n) is 13.4. The van der Waals surface area contributed by atoms with Crippen LogP contribution in [0, 0.1) is 5.92 Å². The van der Waals surface area contributed by atoms with Gasteiger partial charge in [0.05, 0.1) is 12.7 Å². The average molecular weight is 319 g/mol. The standard InChI is InChI=1S/C17H25N3O3/c21-15-11-14(12-15)16(10-13-2-5-18-6-3-13)19-17(22)4-8-20-7-1-9-23-20/h2-3,5-6,14-16,21H,1,4,7-12H2,(H,19,22)/t14?,15?,16-/m0/s1. The molecule has 1 saturated heterocycles. The number of carbonyl (C=O) groups is 1. The van der Waals surface area contributed by atoms with Crippen LogP contribution in [0.2, 0.25) is 0 Å². The van der Waals surface area contributed by atoms with Crippen LogP contribution in [0.4, 0.5) is 0 Å². The highest BCUT2D eigenvalue weighted by Crippen LogP contribution is 2.31. The molecule has 2 fully saturated rings.